The number of rotatable bonds is 7. The molecule has 0 spiro atoms. The molecule has 11 heteroatoms. The van der Waals surface area contributed by atoms with E-state index < -0.39 is 33.8 Å². The van der Waals surface area contributed by atoms with Gasteiger partial charge in [-0.05, 0) is 24.6 Å². The van der Waals surface area contributed by atoms with Crippen molar-refractivity contribution < 1.29 is 31.5 Å². The minimum Gasteiger partial charge on any atom is -0.461 e. The third-order valence-electron chi connectivity index (χ3n) is 6.57. The molecule has 0 amide bonds. The first-order chi connectivity index (χ1) is 17.0. The van der Waals surface area contributed by atoms with Crippen molar-refractivity contribution in [3.8, 4) is 17.0 Å². The van der Waals surface area contributed by atoms with Crippen molar-refractivity contribution in [3.05, 3.63) is 42.1 Å². The Morgan fingerprint density at radius 2 is 2.11 bits per heavy atom. The van der Waals surface area contributed by atoms with E-state index in [1.54, 1.807) is 41.9 Å². The number of carbonyl (C=O) groups is 1. The highest BCUT2D eigenvalue weighted by Crippen LogP contribution is 2.38. The predicted molar refractivity (Wildman–Crippen MR) is 129 cm³/mol. The molecule has 8 nitrogen and oxygen atoms in total. The molecule has 0 radical (unpaired) electrons. The van der Waals surface area contributed by atoms with E-state index in [0.717, 1.165) is 0 Å². The van der Waals surface area contributed by atoms with Crippen molar-refractivity contribution in [3.63, 3.8) is 0 Å². The predicted octanol–water partition coefficient (Wildman–Crippen LogP) is 4.10. The summed E-state index contributed by atoms with van der Waals surface area (Å²) >= 11 is 0. The van der Waals surface area contributed by atoms with E-state index in [0.29, 0.717) is 46.6 Å². The van der Waals surface area contributed by atoms with Crippen LogP contribution in [-0.4, -0.2) is 66.2 Å². The topological polar surface area (TPSA) is 100 Å². The zero-order chi connectivity index (χ0) is 25.7. The summed E-state index contributed by atoms with van der Waals surface area (Å²) in [4.78, 5) is 17.6. The molecule has 192 valence electrons. The Kier molecular flexibility index (Phi) is 6.32. The van der Waals surface area contributed by atoms with Gasteiger partial charge in [0.2, 0.25) is 6.36 Å². The highest BCUT2D eigenvalue weighted by atomic mass is 32.2. The van der Waals surface area contributed by atoms with Crippen LogP contribution in [0.25, 0.3) is 22.3 Å². The molecule has 2 saturated heterocycles. The van der Waals surface area contributed by atoms with Crippen LogP contribution in [0, 0.1) is 5.41 Å². The van der Waals surface area contributed by atoms with E-state index in [-0.39, 0.29) is 30.3 Å². The van der Waals surface area contributed by atoms with Crippen LogP contribution < -0.4 is 4.74 Å². The number of fused-ring (bicyclic) bond motifs is 1. The van der Waals surface area contributed by atoms with Gasteiger partial charge in [-0.25, -0.2) is 17.2 Å². The third-order valence-corrected chi connectivity index (χ3v) is 8.84. The number of aromatic nitrogens is 3. The fourth-order valence-corrected chi connectivity index (χ4v) is 7.35. The van der Waals surface area contributed by atoms with Crippen LogP contribution in [0.3, 0.4) is 0 Å². The van der Waals surface area contributed by atoms with E-state index in [1.165, 1.54) is 13.1 Å². The number of alkyl halides is 2. The van der Waals surface area contributed by atoms with Crippen molar-refractivity contribution >= 4 is 26.7 Å². The molecule has 0 N–H and O–H groups in total. The first-order valence-electron chi connectivity index (χ1n) is 11.8. The average molecular weight is 520 g/mol. The molecule has 2 fully saturated rings. The first kappa shape index (κ1) is 24.8. The van der Waals surface area contributed by atoms with Gasteiger partial charge in [0.15, 0.2) is 15.6 Å². The molecule has 2 aliphatic heterocycles. The Labute approximate surface area is 207 Å². The van der Waals surface area contributed by atoms with Gasteiger partial charge in [-0.2, -0.15) is 5.10 Å². The number of ether oxygens (including phenoxy) is 2. The van der Waals surface area contributed by atoms with Gasteiger partial charge >= 0.3 is 0 Å². The fraction of sp³-hybridized carbons (Fsp3) is 0.480. The van der Waals surface area contributed by atoms with Gasteiger partial charge in [0.1, 0.15) is 23.1 Å². The van der Waals surface area contributed by atoms with Crippen LogP contribution in [0.4, 0.5) is 8.78 Å². The summed E-state index contributed by atoms with van der Waals surface area (Å²) in [5, 5.41) is 4.69. The van der Waals surface area contributed by atoms with Gasteiger partial charge in [0.05, 0.1) is 29.7 Å². The number of sulfone groups is 1. The lowest BCUT2D eigenvalue weighted by atomic mass is 9.86. The van der Waals surface area contributed by atoms with Crippen molar-refractivity contribution in [2.75, 3.05) is 24.7 Å². The van der Waals surface area contributed by atoms with Gasteiger partial charge in [-0.1, -0.05) is 19.1 Å². The van der Waals surface area contributed by atoms with Gasteiger partial charge < -0.3 is 9.47 Å². The maximum absolute atomic E-state index is 14.9. The van der Waals surface area contributed by atoms with E-state index in [4.69, 9.17) is 14.6 Å². The van der Waals surface area contributed by atoms with Crippen LogP contribution in [-0.2, 0) is 14.6 Å². The quantitative estimate of drug-likeness (QED) is 0.433. The molecule has 5 rings (SSSR count). The maximum atomic E-state index is 14.9. The number of benzene rings is 1. The average Bonchev–Trinajstić information content (AvgIpc) is 3.16. The lowest BCUT2D eigenvalue weighted by Crippen LogP contribution is -2.47. The molecule has 2 aromatic heterocycles. The summed E-state index contributed by atoms with van der Waals surface area (Å²) in [6.45, 7) is 3.38. The molecule has 2 aliphatic rings. The molecule has 36 heavy (non-hydrogen) atoms. The summed E-state index contributed by atoms with van der Waals surface area (Å²) in [5.41, 5.74) is 1.73. The molecule has 2 unspecified atom stereocenters. The number of hydrogen-bond acceptors (Lipinski definition) is 7. The fourth-order valence-electron chi connectivity index (χ4n) is 5.10. The summed E-state index contributed by atoms with van der Waals surface area (Å²) in [5.74, 6) is 0.0399. The summed E-state index contributed by atoms with van der Waals surface area (Å²) < 4.78 is 63.6. The minimum atomic E-state index is -3.09. The molecule has 0 aliphatic carbocycles. The van der Waals surface area contributed by atoms with Crippen molar-refractivity contribution in [2.24, 2.45) is 5.41 Å². The maximum Gasteiger partial charge on any atom is 0.235 e. The Hall–Kier alpha value is -2.92. The second-order valence-corrected chi connectivity index (χ2v) is 12.0. The van der Waals surface area contributed by atoms with Gasteiger partial charge in [0, 0.05) is 42.7 Å². The second-order valence-electron chi connectivity index (χ2n) is 9.96. The number of pyridine rings is 1. The number of Topliss-reactive ketones (excluding diaryl/α,β-unsaturated/α-hetero) is 1. The van der Waals surface area contributed by atoms with E-state index in [2.05, 4.69) is 4.98 Å². The van der Waals surface area contributed by atoms with Crippen molar-refractivity contribution in [1.82, 2.24) is 14.8 Å². The van der Waals surface area contributed by atoms with Crippen LogP contribution in [0.5, 0.6) is 5.75 Å². The molecule has 3 atom stereocenters. The summed E-state index contributed by atoms with van der Waals surface area (Å²) in [6.07, 6.45) is -0.881. The van der Waals surface area contributed by atoms with Crippen LogP contribution in [0.15, 0.2) is 36.5 Å². The lowest BCUT2D eigenvalue weighted by Gasteiger charge is -2.37. The highest BCUT2D eigenvalue weighted by Gasteiger charge is 2.45. The SMILES string of the molecule is CC(F)Oc1cccc(-c2nn(C3CCOC[C@@H]3F)c3cc(C(=O)CC4(C)CS(=O)(=O)C4)cnc23)c1. The summed E-state index contributed by atoms with van der Waals surface area (Å²) in [7, 11) is -3.09. The Morgan fingerprint density at radius 1 is 1.33 bits per heavy atom. The molecule has 0 saturated carbocycles. The number of nitrogens with zero attached hydrogens (tertiary/aromatic N) is 3. The molecular weight excluding hydrogens is 492 g/mol. The van der Waals surface area contributed by atoms with Gasteiger partial charge in [-0.15, -0.1) is 0 Å². The molecule has 0 bridgehead atoms. The zero-order valence-corrected chi connectivity index (χ0v) is 20.8. The van der Waals surface area contributed by atoms with Gasteiger partial charge in [-0.3, -0.25) is 14.5 Å². The number of ketones is 1. The molecule has 3 aromatic rings. The van der Waals surface area contributed by atoms with E-state index in [1.807, 2.05) is 0 Å². The Bertz CT molecular complexity index is 1410. The van der Waals surface area contributed by atoms with E-state index in [9.17, 15) is 22.0 Å². The highest BCUT2D eigenvalue weighted by molar-refractivity contribution is 7.92. The number of halogens is 2. The lowest BCUT2D eigenvalue weighted by molar-refractivity contribution is 0.00122. The molecule has 4 heterocycles. The zero-order valence-electron chi connectivity index (χ0n) is 20.0. The standard InChI is InChI=1S/C25H27F2N3O5S/c1-15(26)35-18-5-3-4-16(8-18)23-24-21(30(29-23)20-6-7-34-12-19(20)27)9-17(11-28-24)22(31)10-25(2)13-36(32,33)14-25/h3-5,8-9,11,15,19-20H,6-7,10,12-14H2,1-2H3/t15?,19-,20?/m0/s1. The molecular formula is C25H27F2N3O5S. The van der Waals surface area contributed by atoms with Crippen molar-refractivity contribution in [1.29, 1.82) is 0 Å². The Morgan fingerprint density at radius 3 is 2.81 bits per heavy atom. The van der Waals surface area contributed by atoms with Gasteiger partial charge in [0.25, 0.3) is 0 Å². The number of carbonyl (C=O) groups excluding carboxylic acids is 1. The van der Waals surface area contributed by atoms with Crippen molar-refractivity contribution in [2.45, 2.75) is 45.3 Å². The third kappa shape index (κ3) is 4.86. The molecule has 1 aromatic carbocycles. The van der Waals surface area contributed by atoms with E-state index >= 15 is 0 Å². The smallest absolute Gasteiger partial charge is 0.235 e. The summed E-state index contributed by atoms with van der Waals surface area (Å²) in [6, 6.07) is 7.77. The number of hydrogen-bond donors (Lipinski definition) is 0. The monoisotopic (exact) mass is 519 g/mol. The normalized spacial score (nSPS) is 23.7. The minimum absolute atomic E-state index is 0.0228. The van der Waals surface area contributed by atoms with Crippen LogP contribution in [0.1, 0.15) is 43.1 Å². The van der Waals surface area contributed by atoms with Crippen LogP contribution >= 0.6 is 0 Å². The Balaban J connectivity index is 1.56. The van der Waals surface area contributed by atoms with Crippen LogP contribution in [0.2, 0.25) is 0 Å². The largest absolute Gasteiger partial charge is 0.461 e. The first-order valence-corrected chi connectivity index (χ1v) is 13.6. The second kappa shape index (κ2) is 9.19.